The molecule has 1 N–H and O–H groups in total. The quantitative estimate of drug-likeness (QED) is 0.710. The van der Waals surface area contributed by atoms with E-state index < -0.39 is 0 Å². The van der Waals surface area contributed by atoms with Crippen molar-refractivity contribution in [1.29, 1.82) is 0 Å². The van der Waals surface area contributed by atoms with Gasteiger partial charge in [-0.3, -0.25) is 0 Å². The van der Waals surface area contributed by atoms with Gasteiger partial charge in [0.25, 0.3) is 0 Å². The Morgan fingerprint density at radius 2 is 2.15 bits per heavy atom. The highest BCUT2D eigenvalue weighted by molar-refractivity contribution is 7.80. The SMILES string of the molecule is Cc1c(Cl)cccc1NC(=S)N(Cc1cccc(F)c1)CC1CCCO1. The van der Waals surface area contributed by atoms with Gasteiger partial charge in [0.1, 0.15) is 5.82 Å². The summed E-state index contributed by atoms with van der Waals surface area (Å²) in [5.41, 5.74) is 2.69. The van der Waals surface area contributed by atoms with E-state index in [1.165, 1.54) is 12.1 Å². The van der Waals surface area contributed by atoms with Crippen molar-refractivity contribution in [2.75, 3.05) is 18.5 Å². The summed E-state index contributed by atoms with van der Waals surface area (Å²) in [6, 6.07) is 12.3. The number of nitrogens with one attached hydrogen (secondary N) is 1. The van der Waals surface area contributed by atoms with E-state index in [0.717, 1.165) is 36.3 Å². The van der Waals surface area contributed by atoms with Gasteiger partial charge in [-0.2, -0.15) is 0 Å². The number of anilines is 1. The Hall–Kier alpha value is -1.69. The lowest BCUT2D eigenvalue weighted by molar-refractivity contribution is 0.0905. The van der Waals surface area contributed by atoms with Crippen molar-refractivity contribution < 1.29 is 9.13 Å². The molecule has 0 amide bonds. The normalized spacial score (nSPS) is 16.5. The van der Waals surface area contributed by atoms with Crippen molar-refractivity contribution in [3.63, 3.8) is 0 Å². The average molecular weight is 393 g/mol. The molecule has 1 saturated heterocycles. The third-order valence-corrected chi connectivity index (χ3v) is 5.28. The van der Waals surface area contributed by atoms with Gasteiger partial charge in [-0.1, -0.05) is 29.8 Å². The zero-order chi connectivity index (χ0) is 18.5. The zero-order valence-corrected chi connectivity index (χ0v) is 16.2. The first-order chi connectivity index (χ1) is 12.5. The van der Waals surface area contributed by atoms with Crippen LogP contribution in [-0.4, -0.2) is 29.3 Å². The molecule has 1 aliphatic rings. The first-order valence-electron chi connectivity index (χ1n) is 8.70. The molecule has 1 heterocycles. The maximum absolute atomic E-state index is 13.6. The standard InChI is InChI=1S/C20H22ClFN2OS/c1-14-18(21)8-3-9-19(14)23-20(26)24(13-17-7-4-10-25-17)12-15-5-2-6-16(22)11-15/h2-3,5-6,8-9,11,17H,4,7,10,12-13H2,1H3,(H,23,26). The smallest absolute Gasteiger partial charge is 0.173 e. The molecule has 3 nitrogen and oxygen atoms in total. The highest BCUT2D eigenvalue weighted by Gasteiger charge is 2.21. The molecule has 1 fully saturated rings. The van der Waals surface area contributed by atoms with E-state index >= 15 is 0 Å². The molecule has 6 heteroatoms. The van der Waals surface area contributed by atoms with E-state index in [-0.39, 0.29) is 11.9 Å². The van der Waals surface area contributed by atoms with Gasteiger partial charge in [-0.25, -0.2) is 4.39 Å². The number of rotatable bonds is 5. The number of benzene rings is 2. The van der Waals surface area contributed by atoms with Crippen molar-refractivity contribution >= 4 is 34.6 Å². The lowest BCUT2D eigenvalue weighted by Crippen LogP contribution is -2.39. The summed E-state index contributed by atoms with van der Waals surface area (Å²) >= 11 is 11.9. The molecule has 0 aromatic heterocycles. The second-order valence-corrected chi connectivity index (χ2v) is 7.28. The Balaban J connectivity index is 1.76. The van der Waals surface area contributed by atoms with E-state index in [1.807, 2.05) is 36.1 Å². The lowest BCUT2D eigenvalue weighted by Gasteiger charge is -2.29. The van der Waals surface area contributed by atoms with Gasteiger partial charge < -0.3 is 15.0 Å². The van der Waals surface area contributed by atoms with E-state index in [0.29, 0.717) is 23.2 Å². The molecule has 2 aromatic rings. The summed E-state index contributed by atoms with van der Waals surface area (Å²) in [5, 5.41) is 4.55. The van der Waals surface area contributed by atoms with Crippen LogP contribution in [0.25, 0.3) is 0 Å². The van der Waals surface area contributed by atoms with Crippen molar-refractivity contribution in [3.05, 3.63) is 64.4 Å². The maximum atomic E-state index is 13.6. The lowest BCUT2D eigenvalue weighted by atomic mass is 10.2. The molecule has 1 aliphatic heterocycles. The van der Waals surface area contributed by atoms with Crippen LogP contribution >= 0.6 is 23.8 Å². The number of ether oxygens (including phenoxy) is 1. The molecule has 1 unspecified atom stereocenters. The second kappa shape index (κ2) is 8.80. The molecule has 3 rings (SSSR count). The van der Waals surface area contributed by atoms with Gasteiger partial charge >= 0.3 is 0 Å². The van der Waals surface area contributed by atoms with Crippen LogP contribution in [0.2, 0.25) is 5.02 Å². The van der Waals surface area contributed by atoms with Gasteiger partial charge in [0.05, 0.1) is 6.10 Å². The monoisotopic (exact) mass is 392 g/mol. The predicted octanol–water partition coefficient (Wildman–Crippen LogP) is 5.17. The summed E-state index contributed by atoms with van der Waals surface area (Å²) in [5.74, 6) is -0.246. The van der Waals surface area contributed by atoms with E-state index in [9.17, 15) is 4.39 Å². The summed E-state index contributed by atoms with van der Waals surface area (Å²) in [7, 11) is 0. The van der Waals surface area contributed by atoms with Crippen LogP contribution in [0.3, 0.4) is 0 Å². The second-order valence-electron chi connectivity index (χ2n) is 6.49. The predicted molar refractivity (Wildman–Crippen MR) is 108 cm³/mol. The van der Waals surface area contributed by atoms with Crippen LogP contribution in [0.15, 0.2) is 42.5 Å². The number of nitrogens with zero attached hydrogens (tertiary/aromatic N) is 1. The van der Waals surface area contributed by atoms with E-state index in [4.69, 9.17) is 28.6 Å². The van der Waals surface area contributed by atoms with Crippen LogP contribution in [0.4, 0.5) is 10.1 Å². The molecule has 0 spiro atoms. The third-order valence-electron chi connectivity index (χ3n) is 4.51. The Morgan fingerprint density at radius 1 is 1.35 bits per heavy atom. The van der Waals surface area contributed by atoms with Crippen LogP contribution in [-0.2, 0) is 11.3 Å². The summed E-state index contributed by atoms with van der Waals surface area (Å²) in [6.45, 7) is 3.92. The van der Waals surface area contributed by atoms with E-state index in [1.54, 1.807) is 6.07 Å². The Bertz CT molecular complexity index is 780. The number of hydrogen-bond donors (Lipinski definition) is 1. The van der Waals surface area contributed by atoms with Crippen LogP contribution in [0, 0.1) is 12.7 Å². The summed E-state index contributed by atoms with van der Waals surface area (Å²) < 4.78 is 19.3. The molecule has 2 aromatic carbocycles. The van der Waals surface area contributed by atoms with Crippen LogP contribution < -0.4 is 5.32 Å². The molecule has 0 aliphatic carbocycles. The molecular formula is C20H22ClFN2OS. The highest BCUT2D eigenvalue weighted by atomic mass is 35.5. The average Bonchev–Trinajstić information content (AvgIpc) is 3.11. The van der Waals surface area contributed by atoms with Crippen molar-refractivity contribution in [1.82, 2.24) is 4.90 Å². The minimum Gasteiger partial charge on any atom is -0.376 e. The molecular weight excluding hydrogens is 371 g/mol. The van der Waals surface area contributed by atoms with Crippen molar-refractivity contribution in [2.45, 2.75) is 32.4 Å². The van der Waals surface area contributed by atoms with Gasteiger partial charge in [-0.05, 0) is 67.4 Å². The Kier molecular flexibility index (Phi) is 6.46. The fourth-order valence-corrected chi connectivity index (χ4v) is 3.47. The van der Waals surface area contributed by atoms with Gasteiger partial charge in [0.15, 0.2) is 5.11 Å². The van der Waals surface area contributed by atoms with Crippen molar-refractivity contribution in [2.24, 2.45) is 0 Å². The molecule has 0 bridgehead atoms. The molecule has 138 valence electrons. The molecule has 26 heavy (non-hydrogen) atoms. The largest absolute Gasteiger partial charge is 0.376 e. The minimum absolute atomic E-state index is 0.142. The fraction of sp³-hybridized carbons (Fsp3) is 0.350. The number of thiocarbonyl (C=S) groups is 1. The maximum Gasteiger partial charge on any atom is 0.173 e. The molecule has 0 saturated carbocycles. The van der Waals surface area contributed by atoms with Gasteiger partial charge in [0, 0.05) is 30.4 Å². The first kappa shape index (κ1) is 19.1. The third kappa shape index (κ3) is 4.93. The van der Waals surface area contributed by atoms with Crippen LogP contribution in [0.1, 0.15) is 24.0 Å². The Morgan fingerprint density at radius 3 is 2.88 bits per heavy atom. The summed E-state index contributed by atoms with van der Waals surface area (Å²) in [6.07, 6.45) is 2.22. The highest BCUT2D eigenvalue weighted by Crippen LogP contribution is 2.24. The topological polar surface area (TPSA) is 24.5 Å². The van der Waals surface area contributed by atoms with Gasteiger partial charge in [-0.15, -0.1) is 0 Å². The number of halogens is 2. The molecule has 0 radical (unpaired) electrons. The first-order valence-corrected chi connectivity index (χ1v) is 9.48. The number of hydrogen-bond acceptors (Lipinski definition) is 2. The van der Waals surface area contributed by atoms with Crippen molar-refractivity contribution in [3.8, 4) is 0 Å². The Labute approximate surface area is 164 Å². The van der Waals surface area contributed by atoms with Gasteiger partial charge in [0.2, 0.25) is 0 Å². The minimum atomic E-state index is -0.246. The molecule has 1 atom stereocenters. The fourth-order valence-electron chi connectivity index (χ4n) is 3.05. The van der Waals surface area contributed by atoms with E-state index in [2.05, 4.69) is 5.32 Å². The zero-order valence-electron chi connectivity index (χ0n) is 14.7. The summed E-state index contributed by atoms with van der Waals surface area (Å²) in [4.78, 5) is 2.03. The van der Waals surface area contributed by atoms with Crippen LogP contribution in [0.5, 0.6) is 0 Å².